The molecule has 1 unspecified atom stereocenters. The lowest BCUT2D eigenvalue weighted by molar-refractivity contribution is -0.137. The van der Waals surface area contributed by atoms with Crippen molar-refractivity contribution in [1.82, 2.24) is 10.2 Å². The van der Waals surface area contributed by atoms with E-state index < -0.39 is 0 Å². The van der Waals surface area contributed by atoms with Crippen molar-refractivity contribution in [3.8, 4) is 0 Å². The summed E-state index contributed by atoms with van der Waals surface area (Å²) in [6, 6.07) is 0. The third-order valence-corrected chi connectivity index (χ3v) is 3.32. The number of amides is 1. The van der Waals surface area contributed by atoms with Crippen molar-refractivity contribution >= 4 is 5.91 Å². The SMILES string of the molecule is CN1CCOC(C(=O)NCCCC(C)(C)CO)C1. The Morgan fingerprint density at radius 3 is 2.89 bits per heavy atom. The van der Waals surface area contributed by atoms with Crippen molar-refractivity contribution in [3.63, 3.8) is 0 Å². The van der Waals surface area contributed by atoms with Gasteiger partial charge in [-0.05, 0) is 25.3 Å². The van der Waals surface area contributed by atoms with Crippen LogP contribution in [0, 0.1) is 5.41 Å². The second-order valence-corrected chi connectivity index (χ2v) is 5.84. The van der Waals surface area contributed by atoms with Gasteiger partial charge in [-0.1, -0.05) is 13.8 Å². The molecule has 1 amide bonds. The molecule has 5 heteroatoms. The molecule has 106 valence electrons. The van der Waals surface area contributed by atoms with Gasteiger partial charge in [-0.15, -0.1) is 0 Å². The fourth-order valence-electron chi connectivity index (χ4n) is 1.91. The summed E-state index contributed by atoms with van der Waals surface area (Å²) in [7, 11) is 1.99. The normalized spacial score (nSPS) is 21.9. The van der Waals surface area contributed by atoms with Crippen LogP contribution >= 0.6 is 0 Å². The molecular formula is C13H26N2O3. The molecule has 1 atom stereocenters. The highest BCUT2D eigenvalue weighted by Crippen LogP contribution is 2.20. The number of likely N-dealkylation sites (N-methyl/N-ethyl adjacent to an activating group) is 1. The van der Waals surface area contributed by atoms with Gasteiger partial charge in [0.25, 0.3) is 0 Å². The molecule has 0 aromatic rings. The first kappa shape index (κ1) is 15.4. The van der Waals surface area contributed by atoms with E-state index in [1.807, 2.05) is 20.9 Å². The standard InChI is InChI=1S/C13H26N2O3/c1-13(2,10-16)5-4-6-14-12(17)11-9-15(3)7-8-18-11/h11,16H,4-10H2,1-3H3,(H,14,17). The third kappa shape index (κ3) is 5.33. The minimum atomic E-state index is -0.338. The second-order valence-electron chi connectivity index (χ2n) is 5.84. The van der Waals surface area contributed by atoms with Gasteiger partial charge in [0, 0.05) is 26.2 Å². The summed E-state index contributed by atoms with van der Waals surface area (Å²) < 4.78 is 5.44. The molecule has 0 bridgehead atoms. The minimum Gasteiger partial charge on any atom is -0.396 e. The van der Waals surface area contributed by atoms with Gasteiger partial charge in [0.1, 0.15) is 6.10 Å². The molecule has 5 nitrogen and oxygen atoms in total. The van der Waals surface area contributed by atoms with Gasteiger partial charge in [0.2, 0.25) is 5.91 Å². The van der Waals surface area contributed by atoms with Gasteiger partial charge >= 0.3 is 0 Å². The molecule has 0 radical (unpaired) electrons. The number of morpholine rings is 1. The zero-order valence-corrected chi connectivity index (χ0v) is 11.7. The number of rotatable bonds is 6. The van der Waals surface area contributed by atoms with Crippen LogP contribution in [0.1, 0.15) is 26.7 Å². The van der Waals surface area contributed by atoms with Gasteiger partial charge in [-0.3, -0.25) is 4.79 Å². The number of hydrogen-bond acceptors (Lipinski definition) is 4. The number of carbonyl (C=O) groups is 1. The van der Waals surface area contributed by atoms with E-state index in [1.165, 1.54) is 0 Å². The summed E-state index contributed by atoms with van der Waals surface area (Å²) in [6.07, 6.45) is 1.44. The lowest BCUT2D eigenvalue weighted by Crippen LogP contribution is -2.48. The maximum Gasteiger partial charge on any atom is 0.250 e. The van der Waals surface area contributed by atoms with E-state index in [1.54, 1.807) is 0 Å². The molecule has 1 aliphatic heterocycles. The molecule has 0 aromatic carbocycles. The van der Waals surface area contributed by atoms with Crippen LogP contribution in [0.5, 0.6) is 0 Å². The summed E-state index contributed by atoms with van der Waals surface area (Å²) in [6.45, 7) is 7.03. The highest BCUT2D eigenvalue weighted by molar-refractivity contribution is 5.81. The number of nitrogens with one attached hydrogen (secondary N) is 1. The first-order valence-corrected chi connectivity index (χ1v) is 6.63. The molecule has 1 heterocycles. The summed E-state index contributed by atoms with van der Waals surface area (Å²) in [5, 5.41) is 12.0. The number of nitrogens with zero attached hydrogens (tertiary/aromatic N) is 1. The molecule has 2 N–H and O–H groups in total. The Bertz CT molecular complexity index is 269. The van der Waals surface area contributed by atoms with Crippen LogP contribution < -0.4 is 5.32 Å². The Kier molecular flexibility index (Phi) is 6.05. The predicted octanol–water partition coefficient (Wildman–Crippen LogP) is 0.232. The van der Waals surface area contributed by atoms with E-state index in [4.69, 9.17) is 9.84 Å². The van der Waals surface area contributed by atoms with Crippen LogP contribution in [0.15, 0.2) is 0 Å². The van der Waals surface area contributed by atoms with Crippen LogP contribution in [0.3, 0.4) is 0 Å². The molecule has 0 aliphatic carbocycles. The summed E-state index contributed by atoms with van der Waals surface area (Å²) in [4.78, 5) is 13.9. The smallest absolute Gasteiger partial charge is 0.250 e. The lowest BCUT2D eigenvalue weighted by Gasteiger charge is -2.29. The van der Waals surface area contributed by atoms with Crippen LogP contribution in [-0.4, -0.2) is 61.9 Å². The van der Waals surface area contributed by atoms with E-state index in [0.717, 1.165) is 19.4 Å². The van der Waals surface area contributed by atoms with Crippen molar-refractivity contribution in [3.05, 3.63) is 0 Å². The lowest BCUT2D eigenvalue weighted by atomic mass is 9.89. The highest BCUT2D eigenvalue weighted by Gasteiger charge is 2.24. The highest BCUT2D eigenvalue weighted by atomic mass is 16.5. The topological polar surface area (TPSA) is 61.8 Å². The molecule has 1 aliphatic rings. The molecule has 18 heavy (non-hydrogen) atoms. The molecule has 0 spiro atoms. The van der Waals surface area contributed by atoms with Crippen LogP contribution in [-0.2, 0) is 9.53 Å². The van der Waals surface area contributed by atoms with E-state index in [0.29, 0.717) is 19.7 Å². The van der Waals surface area contributed by atoms with E-state index in [2.05, 4.69) is 10.2 Å². The first-order chi connectivity index (χ1) is 8.44. The van der Waals surface area contributed by atoms with Crippen molar-refractivity contribution in [2.24, 2.45) is 5.41 Å². The molecule has 0 aromatic heterocycles. The number of aliphatic hydroxyl groups is 1. The summed E-state index contributed by atoms with van der Waals surface area (Å²) in [5.41, 5.74) is -0.0632. The average Bonchev–Trinajstić information content (AvgIpc) is 2.34. The molecule has 1 saturated heterocycles. The Morgan fingerprint density at radius 2 is 2.28 bits per heavy atom. The average molecular weight is 258 g/mol. The Morgan fingerprint density at radius 1 is 1.56 bits per heavy atom. The van der Waals surface area contributed by atoms with Gasteiger partial charge < -0.3 is 20.1 Å². The fraction of sp³-hybridized carbons (Fsp3) is 0.923. The first-order valence-electron chi connectivity index (χ1n) is 6.63. The zero-order valence-electron chi connectivity index (χ0n) is 11.7. The monoisotopic (exact) mass is 258 g/mol. The van der Waals surface area contributed by atoms with Crippen molar-refractivity contribution < 1.29 is 14.6 Å². The maximum atomic E-state index is 11.8. The number of carbonyl (C=O) groups excluding carboxylic acids is 1. The molecule has 0 saturated carbocycles. The van der Waals surface area contributed by atoms with E-state index in [9.17, 15) is 4.79 Å². The van der Waals surface area contributed by atoms with E-state index in [-0.39, 0.29) is 24.0 Å². The fourth-order valence-corrected chi connectivity index (χ4v) is 1.91. The number of hydrogen-bond donors (Lipinski definition) is 2. The maximum absolute atomic E-state index is 11.8. The Balaban J connectivity index is 2.17. The van der Waals surface area contributed by atoms with Gasteiger partial charge in [0.15, 0.2) is 0 Å². The van der Waals surface area contributed by atoms with Crippen molar-refractivity contribution in [1.29, 1.82) is 0 Å². The largest absolute Gasteiger partial charge is 0.396 e. The van der Waals surface area contributed by atoms with Crippen LogP contribution in [0.25, 0.3) is 0 Å². The van der Waals surface area contributed by atoms with Crippen LogP contribution in [0.2, 0.25) is 0 Å². The number of ether oxygens (including phenoxy) is 1. The number of aliphatic hydroxyl groups excluding tert-OH is 1. The molecule has 1 rings (SSSR count). The summed E-state index contributed by atoms with van der Waals surface area (Å²) >= 11 is 0. The Hall–Kier alpha value is -0.650. The third-order valence-electron chi connectivity index (χ3n) is 3.32. The quantitative estimate of drug-likeness (QED) is 0.670. The van der Waals surface area contributed by atoms with E-state index >= 15 is 0 Å². The van der Waals surface area contributed by atoms with Crippen LogP contribution in [0.4, 0.5) is 0 Å². The van der Waals surface area contributed by atoms with Gasteiger partial charge in [0.05, 0.1) is 6.61 Å². The zero-order chi connectivity index (χ0) is 13.6. The Labute approximate surface area is 109 Å². The second kappa shape index (κ2) is 7.07. The predicted molar refractivity (Wildman–Crippen MR) is 70.3 cm³/mol. The van der Waals surface area contributed by atoms with Crippen molar-refractivity contribution in [2.45, 2.75) is 32.8 Å². The summed E-state index contributed by atoms with van der Waals surface area (Å²) in [5.74, 6) is -0.0247. The minimum absolute atomic E-state index is 0.0247. The van der Waals surface area contributed by atoms with Gasteiger partial charge in [-0.2, -0.15) is 0 Å². The van der Waals surface area contributed by atoms with Crippen molar-refractivity contribution in [2.75, 3.05) is 39.9 Å². The molecular weight excluding hydrogens is 232 g/mol. The molecule has 1 fully saturated rings. The van der Waals surface area contributed by atoms with Gasteiger partial charge in [-0.25, -0.2) is 0 Å².